The molecule has 0 aliphatic rings. The Morgan fingerprint density at radius 2 is 2.18 bits per heavy atom. The second-order valence-corrected chi connectivity index (χ2v) is 3.15. The topological polar surface area (TPSA) is 23.8 Å². The van der Waals surface area contributed by atoms with E-state index < -0.39 is 0 Å². The predicted octanol–water partition coefficient (Wildman–Crippen LogP) is 3.28. The number of allylic oxidation sites excluding steroid dienone is 2. The first-order valence-corrected chi connectivity index (χ1v) is 4.31. The summed E-state index contributed by atoms with van der Waals surface area (Å²) in [6.45, 7) is 6.34. The Bertz CT molecular complexity index is 160. The molecule has 0 radical (unpaired) electrons. The van der Waals surface area contributed by atoms with Gasteiger partial charge in [0.1, 0.15) is 0 Å². The molecule has 0 amide bonds. The minimum absolute atomic E-state index is 0.501. The largest absolute Gasteiger partial charge is 0.193 e. The lowest BCUT2D eigenvalue weighted by Crippen LogP contribution is -1.85. The Morgan fingerprint density at radius 3 is 2.55 bits per heavy atom. The van der Waals surface area contributed by atoms with Gasteiger partial charge in [-0.05, 0) is 18.8 Å². The maximum atomic E-state index is 8.68. The summed E-state index contributed by atoms with van der Waals surface area (Å²) >= 11 is 0. The number of nitrogens with zero attached hydrogens (tertiary/aromatic N) is 1. The third-order valence-corrected chi connectivity index (χ3v) is 1.48. The molecular weight excluding hydrogens is 134 g/mol. The van der Waals surface area contributed by atoms with Crippen molar-refractivity contribution in [3.05, 3.63) is 11.6 Å². The van der Waals surface area contributed by atoms with Gasteiger partial charge >= 0.3 is 0 Å². The van der Waals surface area contributed by atoms with Gasteiger partial charge in [0.05, 0.1) is 6.07 Å². The second-order valence-electron chi connectivity index (χ2n) is 3.15. The Labute approximate surface area is 69.7 Å². The summed E-state index contributed by atoms with van der Waals surface area (Å²) in [5, 5.41) is 8.68. The van der Waals surface area contributed by atoms with E-state index in [0.29, 0.717) is 5.92 Å². The molecule has 62 valence electrons. The van der Waals surface area contributed by atoms with Gasteiger partial charge in [0, 0.05) is 5.57 Å². The average Bonchev–Trinajstić information content (AvgIpc) is 1.97. The van der Waals surface area contributed by atoms with Crippen LogP contribution in [0.3, 0.4) is 0 Å². The summed E-state index contributed by atoms with van der Waals surface area (Å²) in [5.41, 5.74) is 0.946. The molecule has 0 saturated heterocycles. The van der Waals surface area contributed by atoms with Crippen LogP contribution in [0.15, 0.2) is 11.6 Å². The zero-order valence-corrected chi connectivity index (χ0v) is 7.72. The highest BCUT2D eigenvalue weighted by atomic mass is 14.2. The molecule has 0 aliphatic carbocycles. The van der Waals surface area contributed by atoms with E-state index in [2.05, 4.69) is 32.9 Å². The first-order chi connectivity index (χ1) is 5.20. The highest BCUT2D eigenvalue weighted by molar-refractivity contribution is 5.20. The summed E-state index contributed by atoms with van der Waals surface area (Å²) in [6, 6.07) is 2.23. The Balaban J connectivity index is 3.87. The maximum absolute atomic E-state index is 8.68. The highest BCUT2D eigenvalue weighted by Gasteiger charge is 1.95. The van der Waals surface area contributed by atoms with Crippen LogP contribution >= 0.6 is 0 Å². The number of nitriles is 1. The summed E-state index contributed by atoms with van der Waals surface area (Å²) in [6.07, 6.45) is 5.30. The molecule has 0 heterocycles. The van der Waals surface area contributed by atoms with Gasteiger partial charge in [0.25, 0.3) is 0 Å². The van der Waals surface area contributed by atoms with Crippen LogP contribution in [0.5, 0.6) is 0 Å². The molecule has 0 unspecified atom stereocenters. The van der Waals surface area contributed by atoms with Crippen molar-refractivity contribution in [3.8, 4) is 6.07 Å². The lowest BCUT2D eigenvalue weighted by Gasteiger charge is -1.98. The van der Waals surface area contributed by atoms with Gasteiger partial charge in [-0.3, -0.25) is 0 Å². The number of rotatable bonds is 4. The van der Waals surface area contributed by atoms with Crippen LogP contribution in [0, 0.1) is 17.2 Å². The minimum atomic E-state index is 0.501. The van der Waals surface area contributed by atoms with Gasteiger partial charge in [-0.15, -0.1) is 0 Å². The van der Waals surface area contributed by atoms with E-state index in [1.807, 2.05) is 0 Å². The number of unbranched alkanes of at least 4 members (excludes halogenated alkanes) is 1. The van der Waals surface area contributed by atoms with E-state index >= 15 is 0 Å². The van der Waals surface area contributed by atoms with Crippen LogP contribution in [0.25, 0.3) is 0 Å². The average molecular weight is 151 g/mol. The Kier molecular flexibility index (Phi) is 5.56. The van der Waals surface area contributed by atoms with Crippen molar-refractivity contribution in [1.82, 2.24) is 0 Å². The second kappa shape index (κ2) is 5.97. The van der Waals surface area contributed by atoms with Crippen molar-refractivity contribution in [2.75, 3.05) is 0 Å². The van der Waals surface area contributed by atoms with Crippen molar-refractivity contribution in [3.63, 3.8) is 0 Å². The van der Waals surface area contributed by atoms with Crippen LogP contribution < -0.4 is 0 Å². The molecule has 0 aromatic heterocycles. The van der Waals surface area contributed by atoms with Gasteiger partial charge < -0.3 is 0 Å². The van der Waals surface area contributed by atoms with E-state index in [4.69, 9.17) is 5.26 Å². The predicted molar refractivity (Wildman–Crippen MR) is 48.1 cm³/mol. The van der Waals surface area contributed by atoms with Crippen LogP contribution in [-0.4, -0.2) is 0 Å². The van der Waals surface area contributed by atoms with Crippen molar-refractivity contribution in [1.29, 1.82) is 5.26 Å². The zero-order chi connectivity index (χ0) is 8.69. The van der Waals surface area contributed by atoms with Gasteiger partial charge in [0.2, 0.25) is 0 Å². The molecule has 0 fully saturated rings. The summed E-state index contributed by atoms with van der Waals surface area (Å²) in [5.74, 6) is 0.501. The van der Waals surface area contributed by atoms with Crippen LogP contribution in [0.4, 0.5) is 0 Å². The summed E-state index contributed by atoms with van der Waals surface area (Å²) in [4.78, 5) is 0. The van der Waals surface area contributed by atoms with Crippen LogP contribution in [-0.2, 0) is 0 Å². The molecule has 0 aromatic rings. The van der Waals surface area contributed by atoms with Gasteiger partial charge in [-0.1, -0.05) is 33.3 Å². The minimum Gasteiger partial charge on any atom is -0.193 e. The molecule has 0 bridgehead atoms. The molecule has 0 aromatic carbocycles. The smallest absolute Gasteiger partial charge is 0.0943 e. The summed E-state index contributed by atoms with van der Waals surface area (Å²) < 4.78 is 0. The first-order valence-electron chi connectivity index (χ1n) is 4.31. The molecule has 0 rings (SSSR count). The van der Waals surface area contributed by atoms with Gasteiger partial charge in [-0.2, -0.15) is 5.26 Å². The molecule has 0 saturated carbocycles. The molecule has 1 nitrogen and oxygen atoms in total. The van der Waals surface area contributed by atoms with Crippen molar-refractivity contribution >= 4 is 0 Å². The van der Waals surface area contributed by atoms with Gasteiger partial charge in [0.15, 0.2) is 0 Å². The third-order valence-electron chi connectivity index (χ3n) is 1.48. The Hall–Kier alpha value is -0.770. The normalized spacial score (nSPS) is 11.7. The molecule has 0 spiro atoms. The zero-order valence-electron chi connectivity index (χ0n) is 7.72. The lowest BCUT2D eigenvalue weighted by atomic mass is 10.1. The molecular formula is C10H17N. The maximum Gasteiger partial charge on any atom is 0.0943 e. The van der Waals surface area contributed by atoms with Crippen molar-refractivity contribution in [2.24, 2.45) is 5.92 Å². The van der Waals surface area contributed by atoms with Crippen LogP contribution in [0.1, 0.15) is 40.0 Å². The third kappa shape index (κ3) is 5.66. The fourth-order valence-corrected chi connectivity index (χ4v) is 0.946. The molecule has 0 N–H and O–H groups in total. The molecule has 11 heavy (non-hydrogen) atoms. The fraction of sp³-hybridized carbons (Fsp3) is 0.700. The molecule has 0 atom stereocenters. The SMILES string of the molecule is CCCC/C(C#N)=C\C(C)C. The molecule has 1 heteroatoms. The van der Waals surface area contributed by atoms with E-state index in [-0.39, 0.29) is 0 Å². The highest BCUT2D eigenvalue weighted by Crippen LogP contribution is 2.09. The quantitative estimate of drug-likeness (QED) is 0.566. The van der Waals surface area contributed by atoms with Crippen LogP contribution in [0.2, 0.25) is 0 Å². The summed E-state index contributed by atoms with van der Waals surface area (Å²) in [7, 11) is 0. The Morgan fingerprint density at radius 1 is 1.55 bits per heavy atom. The lowest BCUT2D eigenvalue weighted by molar-refractivity contribution is 0.772. The number of hydrogen-bond donors (Lipinski definition) is 0. The first kappa shape index (κ1) is 10.2. The van der Waals surface area contributed by atoms with E-state index in [0.717, 1.165) is 24.8 Å². The van der Waals surface area contributed by atoms with E-state index in [9.17, 15) is 0 Å². The van der Waals surface area contributed by atoms with Gasteiger partial charge in [-0.25, -0.2) is 0 Å². The molecule has 0 aliphatic heterocycles. The van der Waals surface area contributed by atoms with Crippen molar-refractivity contribution < 1.29 is 0 Å². The fourth-order valence-electron chi connectivity index (χ4n) is 0.946. The number of hydrogen-bond acceptors (Lipinski definition) is 1. The standard InChI is InChI=1S/C10H17N/c1-4-5-6-10(8-11)7-9(2)3/h7,9H,4-6H2,1-3H3/b10-7+. The van der Waals surface area contributed by atoms with E-state index in [1.54, 1.807) is 0 Å². The monoisotopic (exact) mass is 151 g/mol. The van der Waals surface area contributed by atoms with Crippen molar-refractivity contribution in [2.45, 2.75) is 40.0 Å². The van der Waals surface area contributed by atoms with E-state index in [1.165, 1.54) is 0 Å².